The molecule has 3 rings (SSSR count). The van der Waals surface area contributed by atoms with Crippen molar-refractivity contribution >= 4 is 50.5 Å². The van der Waals surface area contributed by atoms with Crippen LogP contribution >= 0.6 is 23.2 Å². The van der Waals surface area contributed by atoms with Gasteiger partial charge in [-0.15, -0.1) is 0 Å². The minimum Gasteiger partial charge on any atom is -0.497 e. The van der Waals surface area contributed by atoms with Crippen LogP contribution in [0.3, 0.4) is 0 Å². The van der Waals surface area contributed by atoms with Gasteiger partial charge in [-0.25, -0.2) is 8.42 Å². The lowest BCUT2D eigenvalue weighted by atomic mass is 10.3. The topological polar surface area (TPSA) is 93.7 Å². The first-order valence-electron chi connectivity index (χ1n) is 8.92. The van der Waals surface area contributed by atoms with Crippen LogP contribution in [-0.4, -0.2) is 28.0 Å². The number of ether oxygens (including phenoxy) is 2. The Kier molecular flexibility index (Phi) is 7.27. The zero-order valence-electron chi connectivity index (χ0n) is 16.3. The Morgan fingerprint density at radius 1 is 0.935 bits per heavy atom. The Hall–Kier alpha value is -2.94. The van der Waals surface area contributed by atoms with Gasteiger partial charge >= 0.3 is 0 Å². The van der Waals surface area contributed by atoms with Gasteiger partial charge in [-0.2, -0.15) is 0 Å². The number of carbonyl (C=O) groups is 1. The van der Waals surface area contributed by atoms with Crippen LogP contribution in [0.5, 0.6) is 11.5 Å². The van der Waals surface area contributed by atoms with Crippen LogP contribution in [-0.2, 0) is 14.8 Å². The second kappa shape index (κ2) is 9.91. The summed E-state index contributed by atoms with van der Waals surface area (Å²) >= 11 is 11.9. The number of halogens is 2. The molecule has 162 valence electrons. The zero-order chi connectivity index (χ0) is 22.4. The Morgan fingerprint density at radius 2 is 1.58 bits per heavy atom. The van der Waals surface area contributed by atoms with Crippen molar-refractivity contribution in [3.8, 4) is 11.5 Å². The maximum absolute atomic E-state index is 12.6. The second-order valence-corrected chi connectivity index (χ2v) is 8.71. The first-order chi connectivity index (χ1) is 14.8. The summed E-state index contributed by atoms with van der Waals surface area (Å²) in [6.45, 7) is -0.207. The highest BCUT2D eigenvalue weighted by Gasteiger charge is 2.17. The molecule has 0 spiro atoms. The molecule has 0 aliphatic carbocycles. The highest BCUT2D eigenvalue weighted by atomic mass is 35.5. The number of rotatable bonds is 8. The van der Waals surface area contributed by atoms with E-state index in [4.69, 9.17) is 32.7 Å². The van der Waals surface area contributed by atoms with E-state index in [9.17, 15) is 13.2 Å². The second-order valence-electron chi connectivity index (χ2n) is 6.24. The fourth-order valence-corrected chi connectivity index (χ4v) is 4.00. The maximum atomic E-state index is 12.6. The lowest BCUT2D eigenvalue weighted by molar-refractivity contribution is -0.118. The molecule has 0 aliphatic heterocycles. The van der Waals surface area contributed by atoms with E-state index < -0.39 is 15.9 Å². The Balaban J connectivity index is 1.59. The lowest BCUT2D eigenvalue weighted by Gasteiger charge is -2.11. The normalized spacial score (nSPS) is 10.9. The number of sulfonamides is 1. The van der Waals surface area contributed by atoms with Gasteiger partial charge in [0, 0.05) is 5.69 Å². The summed E-state index contributed by atoms with van der Waals surface area (Å²) < 4.78 is 38.0. The van der Waals surface area contributed by atoms with Crippen LogP contribution in [0.1, 0.15) is 0 Å². The van der Waals surface area contributed by atoms with Gasteiger partial charge in [0.1, 0.15) is 11.5 Å². The van der Waals surface area contributed by atoms with Crippen molar-refractivity contribution in [2.45, 2.75) is 4.90 Å². The molecule has 0 aliphatic rings. The molecule has 31 heavy (non-hydrogen) atoms. The first kappa shape index (κ1) is 22.7. The van der Waals surface area contributed by atoms with Crippen LogP contribution < -0.4 is 19.5 Å². The molecule has 10 heteroatoms. The number of carbonyl (C=O) groups excluding carboxylic acids is 1. The van der Waals surface area contributed by atoms with Gasteiger partial charge in [0.25, 0.3) is 15.9 Å². The van der Waals surface area contributed by atoms with E-state index in [0.717, 1.165) is 0 Å². The molecule has 0 bridgehead atoms. The van der Waals surface area contributed by atoms with Gasteiger partial charge < -0.3 is 14.8 Å². The van der Waals surface area contributed by atoms with E-state index in [0.29, 0.717) is 17.2 Å². The number of methoxy groups -OCH3 is 1. The minimum atomic E-state index is -3.89. The van der Waals surface area contributed by atoms with Crippen molar-refractivity contribution in [3.63, 3.8) is 0 Å². The average Bonchev–Trinajstić information content (AvgIpc) is 2.76. The van der Waals surface area contributed by atoms with Crippen molar-refractivity contribution in [1.82, 2.24) is 0 Å². The number of anilines is 2. The Morgan fingerprint density at radius 3 is 2.23 bits per heavy atom. The minimum absolute atomic E-state index is 0.00368. The van der Waals surface area contributed by atoms with Gasteiger partial charge in [-0.05, 0) is 60.7 Å². The highest BCUT2D eigenvalue weighted by Crippen LogP contribution is 2.31. The maximum Gasteiger partial charge on any atom is 0.262 e. The molecule has 0 aromatic heterocycles. The summed E-state index contributed by atoms with van der Waals surface area (Å²) in [6.07, 6.45) is 0. The number of benzene rings is 3. The van der Waals surface area contributed by atoms with E-state index in [1.807, 2.05) is 0 Å². The van der Waals surface area contributed by atoms with E-state index >= 15 is 0 Å². The zero-order valence-corrected chi connectivity index (χ0v) is 18.6. The van der Waals surface area contributed by atoms with Crippen LogP contribution in [0.4, 0.5) is 11.4 Å². The van der Waals surface area contributed by atoms with Crippen molar-refractivity contribution in [1.29, 1.82) is 0 Å². The predicted molar refractivity (Wildman–Crippen MR) is 121 cm³/mol. The SMILES string of the molecule is COc1ccc(OCC(=O)Nc2ccc(S(=O)(=O)Nc3cccc(Cl)c3Cl)cc2)cc1. The predicted octanol–water partition coefficient (Wildman–Crippen LogP) is 4.82. The molecule has 0 unspecified atom stereocenters. The molecule has 3 aromatic rings. The monoisotopic (exact) mass is 480 g/mol. The number of hydrogen-bond donors (Lipinski definition) is 2. The van der Waals surface area contributed by atoms with Crippen LogP contribution in [0.25, 0.3) is 0 Å². The van der Waals surface area contributed by atoms with Crippen molar-refractivity contribution in [3.05, 3.63) is 76.8 Å². The number of nitrogens with one attached hydrogen (secondary N) is 2. The van der Waals surface area contributed by atoms with Crippen molar-refractivity contribution < 1.29 is 22.7 Å². The van der Waals surface area contributed by atoms with E-state index in [2.05, 4.69) is 10.0 Å². The van der Waals surface area contributed by atoms with Gasteiger partial charge in [0.15, 0.2) is 6.61 Å². The molecule has 0 atom stereocenters. The van der Waals surface area contributed by atoms with Gasteiger partial charge in [0.05, 0.1) is 27.7 Å². The standard InChI is InChI=1S/C21H18Cl2N2O5S/c1-29-15-7-9-16(10-8-15)30-13-20(26)24-14-5-11-17(12-6-14)31(27,28)25-19-4-2-3-18(22)21(19)23/h2-12,25H,13H2,1H3,(H,24,26). The van der Waals surface area contributed by atoms with Crippen LogP contribution in [0.2, 0.25) is 10.0 Å². The van der Waals surface area contributed by atoms with Gasteiger partial charge in [-0.3, -0.25) is 9.52 Å². The molecule has 7 nitrogen and oxygen atoms in total. The molecule has 0 fully saturated rings. The molecule has 0 heterocycles. The van der Waals surface area contributed by atoms with E-state index in [1.165, 1.54) is 30.3 Å². The molecule has 0 saturated carbocycles. The van der Waals surface area contributed by atoms with Crippen molar-refractivity contribution in [2.75, 3.05) is 23.8 Å². The summed E-state index contributed by atoms with van der Waals surface area (Å²) in [6, 6.07) is 17.1. The van der Waals surface area contributed by atoms with Crippen LogP contribution in [0.15, 0.2) is 71.6 Å². The number of hydrogen-bond acceptors (Lipinski definition) is 5. The van der Waals surface area contributed by atoms with Gasteiger partial charge in [0.2, 0.25) is 0 Å². The summed E-state index contributed by atoms with van der Waals surface area (Å²) in [5, 5.41) is 2.98. The fourth-order valence-electron chi connectivity index (χ4n) is 2.52. The summed E-state index contributed by atoms with van der Waals surface area (Å²) in [5.41, 5.74) is 0.588. The largest absolute Gasteiger partial charge is 0.497 e. The molecule has 0 radical (unpaired) electrons. The summed E-state index contributed by atoms with van der Waals surface area (Å²) in [4.78, 5) is 12.1. The molecule has 2 N–H and O–H groups in total. The fraction of sp³-hybridized carbons (Fsp3) is 0.0952. The molecule has 3 aromatic carbocycles. The Bertz CT molecular complexity index is 1170. The summed E-state index contributed by atoms with van der Waals surface area (Å²) in [7, 11) is -2.33. The number of amides is 1. The molecule has 0 saturated heterocycles. The molecular formula is C21H18Cl2N2O5S. The smallest absolute Gasteiger partial charge is 0.262 e. The third-order valence-electron chi connectivity index (χ3n) is 4.07. The third kappa shape index (κ3) is 6.04. The Labute approximate surface area is 189 Å². The third-order valence-corrected chi connectivity index (χ3v) is 6.27. The summed E-state index contributed by atoms with van der Waals surface area (Å²) in [5.74, 6) is 0.803. The quantitative estimate of drug-likeness (QED) is 0.481. The molecule has 1 amide bonds. The molecular weight excluding hydrogens is 463 g/mol. The van der Waals surface area contributed by atoms with E-state index in [-0.39, 0.29) is 27.2 Å². The van der Waals surface area contributed by atoms with E-state index in [1.54, 1.807) is 43.5 Å². The first-order valence-corrected chi connectivity index (χ1v) is 11.2. The average molecular weight is 481 g/mol. The van der Waals surface area contributed by atoms with Crippen molar-refractivity contribution in [2.24, 2.45) is 0 Å². The highest BCUT2D eigenvalue weighted by molar-refractivity contribution is 7.92. The van der Waals surface area contributed by atoms with Crippen LogP contribution in [0, 0.1) is 0 Å². The lowest BCUT2D eigenvalue weighted by Crippen LogP contribution is -2.20. The van der Waals surface area contributed by atoms with Gasteiger partial charge in [-0.1, -0.05) is 29.3 Å².